The van der Waals surface area contributed by atoms with Crippen LogP contribution in [0.5, 0.6) is 0 Å². The van der Waals surface area contributed by atoms with Crippen LogP contribution in [0.2, 0.25) is 0 Å². The van der Waals surface area contributed by atoms with Crippen molar-refractivity contribution in [3.05, 3.63) is 28.2 Å². The van der Waals surface area contributed by atoms with Crippen LogP contribution >= 0.6 is 15.9 Å². The van der Waals surface area contributed by atoms with Gasteiger partial charge < -0.3 is 10.6 Å². The quantitative estimate of drug-likeness (QED) is 0.793. The lowest BCUT2D eigenvalue weighted by Gasteiger charge is -2.08. The second-order valence-electron chi connectivity index (χ2n) is 4.02. The van der Waals surface area contributed by atoms with Crippen LogP contribution in [0.1, 0.15) is 25.3 Å². The summed E-state index contributed by atoms with van der Waals surface area (Å²) in [5, 5.41) is 5.98. The molecule has 17 heavy (non-hydrogen) atoms. The predicted molar refractivity (Wildman–Crippen MR) is 75.3 cm³/mol. The molecule has 0 fully saturated rings. The third kappa shape index (κ3) is 5.22. The number of carbonyl (C=O) groups excluding carboxylic acids is 1. The van der Waals surface area contributed by atoms with Crippen LogP contribution in [0.3, 0.4) is 0 Å². The molecule has 0 saturated carbocycles. The number of aryl methyl sites for hydroxylation is 1. The molecule has 0 aliphatic rings. The molecule has 0 bridgehead atoms. The molecule has 0 aliphatic heterocycles. The Morgan fingerprint density at radius 3 is 2.82 bits per heavy atom. The maximum Gasteiger partial charge on any atom is 0.239 e. The van der Waals surface area contributed by atoms with E-state index >= 15 is 0 Å². The molecule has 0 aromatic heterocycles. The van der Waals surface area contributed by atoms with Crippen molar-refractivity contribution in [2.45, 2.75) is 26.7 Å². The number of carbonyl (C=O) groups is 1. The number of hydrogen-bond donors (Lipinski definition) is 2. The lowest BCUT2D eigenvalue weighted by atomic mass is 10.2. The largest absolute Gasteiger partial charge is 0.376 e. The van der Waals surface area contributed by atoms with E-state index in [0.29, 0.717) is 6.54 Å². The van der Waals surface area contributed by atoms with Crippen molar-refractivity contribution in [1.29, 1.82) is 0 Å². The van der Waals surface area contributed by atoms with Crippen molar-refractivity contribution in [2.24, 2.45) is 0 Å². The van der Waals surface area contributed by atoms with Crippen LogP contribution in [0, 0.1) is 6.92 Å². The average Bonchev–Trinajstić information content (AvgIpc) is 2.31. The van der Waals surface area contributed by atoms with E-state index in [9.17, 15) is 4.79 Å². The van der Waals surface area contributed by atoms with Crippen molar-refractivity contribution in [1.82, 2.24) is 5.32 Å². The minimum atomic E-state index is 0.0408. The van der Waals surface area contributed by atoms with E-state index in [-0.39, 0.29) is 5.91 Å². The second-order valence-corrected chi connectivity index (χ2v) is 4.88. The molecule has 2 N–H and O–H groups in total. The van der Waals surface area contributed by atoms with Gasteiger partial charge in [0, 0.05) is 16.7 Å². The number of nitrogens with one attached hydrogen (secondary N) is 2. The fourth-order valence-electron chi connectivity index (χ4n) is 1.40. The first kappa shape index (κ1) is 14.0. The molecule has 0 spiro atoms. The van der Waals surface area contributed by atoms with Crippen LogP contribution < -0.4 is 10.6 Å². The normalized spacial score (nSPS) is 10.1. The molecule has 94 valence electrons. The highest BCUT2D eigenvalue weighted by Crippen LogP contribution is 2.19. The van der Waals surface area contributed by atoms with Gasteiger partial charge in [0.1, 0.15) is 0 Å². The van der Waals surface area contributed by atoms with Crippen LogP contribution in [0.15, 0.2) is 22.7 Å². The minimum Gasteiger partial charge on any atom is -0.376 e. The van der Waals surface area contributed by atoms with Gasteiger partial charge in [-0.3, -0.25) is 4.79 Å². The number of benzene rings is 1. The molecule has 1 aromatic rings. The Balaban J connectivity index is 2.34. The van der Waals surface area contributed by atoms with E-state index in [1.54, 1.807) is 0 Å². The summed E-state index contributed by atoms with van der Waals surface area (Å²) < 4.78 is 1.08. The average molecular weight is 299 g/mol. The summed E-state index contributed by atoms with van der Waals surface area (Å²) in [6.07, 6.45) is 2.13. The molecule has 0 saturated heterocycles. The summed E-state index contributed by atoms with van der Waals surface area (Å²) >= 11 is 3.44. The zero-order valence-electron chi connectivity index (χ0n) is 10.3. The summed E-state index contributed by atoms with van der Waals surface area (Å²) in [5.74, 6) is 0.0408. The molecular formula is C13H19BrN2O. The second kappa shape index (κ2) is 7.33. The Labute approximate surface area is 111 Å². The van der Waals surface area contributed by atoms with Gasteiger partial charge in [-0.1, -0.05) is 29.3 Å². The highest BCUT2D eigenvalue weighted by molar-refractivity contribution is 9.10. The fraction of sp³-hybridized carbons (Fsp3) is 0.462. The lowest BCUT2D eigenvalue weighted by Crippen LogP contribution is -2.30. The number of hydrogen-bond acceptors (Lipinski definition) is 2. The molecule has 3 nitrogen and oxygen atoms in total. The van der Waals surface area contributed by atoms with Gasteiger partial charge in [0.2, 0.25) is 5.91 Å². The van der Waals surface area contributed by atoms with E-state index in [1.165, 1.54) is 0 Å². The summed E-state index contributed by atoms with van der Waals surface area (Å²) in [6.45, 7) is 5.22. The number of anilines is 1. The standard InChI is InChI=1S/C13H19BrN2O/c1-3-4-7-15-13(17)9-16-11-5-6-12(14)10(2)8-11/h5-6,8,16H,3-4,7,9H2,1-2H3,(H,15,17). The van der Waals surface area contributed by atoms with Gasteiger partial charge in [0.25, 0.3) is 0 Å². The van der Waals surface area contributed by atoms with Gasteiger partial charge in [0.05, 0.1) is 6.54 Å². The highest BCUT2D eigenvalue weighted by atomic mass is 79.9. The van der Waals surface area contributed by atoms with Crippen molar-refractivity contribution in [2.75, 3.05) is 18.4 Å². The Bertz CT molecular complexity index is 380. The zero-order valence-corrected chi connectivity index (χ0v) is 11.9. The van der Waals surface area contributed by atoms with Gasteiger partial charge in [-0.05, 0) is 37.1 Å². The van der Waals surface area contributed by atoms with Crippen molar-refractivity contribution >= 4 is 27.5 Å². The molecule has 0 heterocycles. The minimum absolute atomic E-state index is 0.0408. The summed E-state index contributed by atoms with van der Waals surface area (Å²) in [5.41, 5.74) is 2.12. The van der Waals surface area contributed by atoms with Gasteiger partial charge in [0.15, 0.2) is 0 Å². The van der Waals surface area contributed by atoms with E-state index in [4.69, 9.17) is 0 Å². The maximum absolute atomic E-state index is 11.5. The number of halogens is 1. The summed E-state index contributed by atoms with van der Waals surface area (Å²) in [7, 11) is 0. The first-order valence-corrected chi connectivity index (χ1v) is 6.69. The molecule has 0 radical (unpaired) electrons. The van der Waals surface area contributed by atoms with Gasteiger partial charge in [-0.2, -0.15) is 0 Å². The summed E-state index contributed by atoms with van der Waals surface area (Å²) in [6, 6.07) is 5.95. The predicted octanol–water partition coefficient (Wildman–Crippen LogP) is 3.09. The number of rotatable bonds is 6. The monoisotopic (exact) mass is 298 g/mol. The zero-order chi connectivity index (χ0) is 12.7. The molecule has 0 unspecified atom stereocenters. The Morgan fingerprint density at radius 1 is 1.41 bits per heavy atom. The molecule has 1 aromatic carbocycles. The van der Waals surface area contributed by atoms with E-state index in [2.05, 4.69) is 33.5 Å². The summed E-state index contributed by atoms with van der Waals surface area (Å²) in [4.78, 5) is 11.5. The highest BCUT2D eigenvalue weighted by Gasteiger charge is 2.01. The molecule has 1 amide bonds. The van der Waals surface area contributed by atoms with Gasteiger partial charge >= 0.3 is 0 Å². The SMILES string of the molecule is CCCCNC(=O)CNc1ccc(Br)c(C)c1. The molecular weight excluding hydrogens is 280 g/mol. The number of unbranched alkanes of at least 4 members (excludes halogenated alkanes) is 1. The molecule has 0 atom stereocenters. The first-order valence-electron chi connectivity index (χ1n) is 5.90. The molecule has 1 rings (SSSR count). The Hall–Kier alpha value is -1.03. The smallest absolute Gasteiger partial charge is 0.239 e. The fourth-order valence-corrected chi connectivity index (χ4v) is 1.65. The van der Waals surface area contributed by atoms with E-state index < -0.39 is 0 Å². The Kier molecular flexibility index (Phi) is 6.05. The van der Waals surface area contributed by atoms with E-state index in [1.807, 2.05) is 25.1 Å². The van der Waals surface area contributed by atoms with Gasteiger partial charge in [-0.15, -0.1) is 0 Å². The Morgan fingerprint density at radius 2 is 2.18 bits per heavy atom. The first-order chi connectivity index (χ1) is 8.13. The van der Waals surface area contributed by atoms with Crippen LogP contribution in [-0.4, -0.2) is 19.0 Å². The van der Waals surface area contributed by atoms with Crippen molar-refractivity contribution < 1.29 is 4.79 Å². The van der Waals surface area contributed by atoms with Crippen LogP contribution in [0.4, 0.5) is 5.69 Å². The third-order valence-electron chi connectivity index (χ3n) is 2.46. The molecule has 4 heteroatoms. The van der Waals surface area contributed by atoms with E-state index in [0.717, 1.165) is 35.1 Å². The molecule has 0 aliphatic carbocycles. The van der Waals surface area contributed by atoms with Crippen LogP contribution in [0.25, 0.3) is 0 Å². The van der Waals surface area contributed by atoms with Crippen molar-refractivity contribution in [3.63, 3.8) is 0 Å². The maximum atomic E-state index is 11.5. The van der Waals surface area contributed by atoms with Gasteiger partial charge in [-0.25, -0.2) is 0 Å². The van der Waals surface area contributed by atoms with Crippen LogP contribution in [-0.2, 0) is 4.79 Å². The van der Waals surface area contributed by atoms with Crippen molar-refractivity contribution in [3.8, 4) is 0 Å². The number of amides is 1. The lowest BCUT2D eigenvalue weighted by molar-refractivity contribution is -0.119. The third-order valence-corrected chi connectivity index (χ3v) is 3.35. The topological polar surface area (TPSA) is 41.1 Å².